The molecule has 4 atom stereocenters. The van der Waals surface area contributed by atoms with Crippen molar-refractivity contribution in [2.45, 2.75) is 76.5 Å². The van der Waals surface area contributed by atoms with Crippen molar-refractivity contribution >= 4 is 17.9 Å². The molecule has 0 aromatic heterocycles. The Balaban J connectivity index is 1.77. The summed E-state index contributed by atoms with van der Waals surface area (Å²) in [5.74, 6) is -0.948. The lowest BCUT2D eigenvalue weighted by Crippen LogP contribution is -2.74. The van der Waals surface area contributed by atoms with Gasteiger partial charge < -0.3 is 15.6 Å². The van der Waals surface area contributed by atoms with Crippen LogP contribution in [-0.2, 0) is 25.8 Å². The maximum absolute atomic E-state index is 13.3. The molecule has 2 fully saturated rings. The lowest BCUT2D eigenvalue weighted by molar-refractivity contribution is -0.242. The molecular formula is C24H36N4O6. The summed E-state index contributed by atoms with van der Waals surface area (Å²) in [4.78, 5) is 47.3. The number of aliphatic hydroxyl groups is 1. The maximum atomic E-state index is 13.3. The molecule has 10 nitrogen and oxygen atoms in total. The van der Waals surface area contributed by atoms with Gasteiger partial charge in [0.2, 0.25) is 5.91 Å². The van der Waals surface area contributed by atoms with Crippen molar-refractivity contribution in [2.24, 2.45) is 5.73 Å². The van der Waals surface area contributed by atoms with Crippen molar-refractivity contribution < 1.29 is 29.1 Å². The second-order valence-electron chi connectivity index (χ2n) is 10.2. The molecule has 0 radical (unpaired) electrons. The fraction of sp³-hybridized carbons (Fsp3) is 0.625. The quantitative estimate of drug-likeness (QED) is 0.541. The summed E-state index contributed by atoms with van der Waals surface area (Å²) in [6.45, 7) is 7.52. The normalized spacial score (nSPS) is 24.3. The number of β-lactam (4-membered cyclic amide) rings is 1. The van der Waals surface area contributed by atoms with Gasteiger partial charge in [0, 0.05) is 12.6 Å². The Morgan fingerprint density at radius 1 is 1.29 bits per heavy atom. The van der Waals surface area contributed by atoms with E-state index in [1.54, 1.807) is 32.7 Å². The van der Waals surface area contributed by atoms with Crippen LogP contribution in [0.4, 0.5) is 4.79 Å². The molecule has 188 valence electrons. The monoisotopic (exact) mass is 476 g/mol. The predicted molar refractivity (Wildman–Crippen MR) is 124 cm³/mol. The molecular weight excluding hydrogens is 440 g/mol. The van der Waals surface area contributed by atoms with Crippen molar-refractivity contribution in [3.05, 3.63) is 35.9 Å². The highest BCUT2D eigenvalue weighted by atomic mass is 16.7. The van der Waals surface area contributed by atoms with Gasteiger partial charge in [-0.2, -0.15) is 0 Å². The molecule has 0 saturated carbocycles. The number of aliphatic hydroxyl groups excluding tert-OH is 1. The van der Waals surface area contributed by atoms with Crippen LogP contribution in [0.15, 0.2) is 30.3 Å². The van der Waals surface area contributed by atoms with Crippen molar-refractivity contribution in [1.29, 1.82) is 0 Å². The maximum Gasteiger partial charge on any atom is 0.411 e. The minimum Gasteiger partial charge on any atom is -0.444 e. The number of nitrogens with zero attached hydrogens (tertiary/aromatic N) is 3. The number of primary amides is 1. The fourth-order valence-corrected chi connectivity index (χ4v) is 4.80. The SMILES string of the molecule is C[C@@H](O)[C@@H](C(N)=O)N(C)CC1CCC2(CN(OCc3ccccc3)C2=O)N1C(=O)OC(C)(C)C. The Morgan fingerprint density at radius 2 is 1.94 bits per heavy atom. The minimum atomic E-state index is -1.06. The second-order valence-corrected chi connectivity index (χ2v) is 10.2. The van der Waals surface area contributed by atoms with E-state index in [-0.39, 0.29) is 25.6 Å². The lowest BCUT2D eigenvalue weighted by Gasteiger charge is -2.51. The minimum absolute atomic E-state index is 0.230. The molecule has 2 saturated heterocycles. The number of hydrogen-bond acceptors (Lipinski definition) is 7. The standard InChI is InChI=1S/C24H36N4O6/c1-16(29)19(20(25)30)26(5)13-18-11-12-24(28(18)22(32)34-23(2,3)4)15-27(21(24)31)33-14-17-9-7-6-8-10-17/h6-10,16,18-19,29H,11-15H2,1-5H3,(H2,25,30)/t16-,18?,19+,24?/m1/s1. The van der Waals surface area contributed by atoms with Crippen LogP contribution in [0, 0.1) is 0 Å². The van der Waals surface area contributed by atoms with Crippen LogP contribution < -0.4 is 5.73 Å². The molecule has 2 aliphatic heterocycles. The highest BCUT2D eigenvalue weighted by Crippen LogP contribution is 2.43. The molecule has 2 aliphatic rings. The first kappa shape index (κ1) is 25.9. The molecule has 3 rings (SSSR count). The number of hydroxylamine groups is 2. The van der Waals surface area contributed by atoms with Crippen molar-refractivity contribution in [1.82, 2.24) is 14.9 Å². The molecule has 3 N–H and O–H groups in total. The molecule has 3 amide bonds. The molecule has 2 heterocycles. The van der Waals surface area contributed by atoms with Crippen LogP contribution in [0.5, 0.6) is 0 Å². The summed E-state index contributed by atoms with van der Waals surface area (Å²) in [7, 11) is 1.66. The fourth-order valence-electron chi connectivity index (χ4n) is 4.80. The number of benzene rings is 1. The van der Waals surface area contributed by atoms with E-state index in [0.29, 0.717) is 12.8 Å². The van der Waals surface area contributed by atoms with Crippen LogP contribution in [0.3, 0.4) is 0 Å². The third-order valence-electron chi connectivity index (χ3n) is 6.29. The molecule has 1 spiro atoms. The lowest BCUT2D eigenvalue weighted by atomic mass is 9.88. The number of hydrogen-bond donors (Lipinski definition) is 2. The molecule has 1 aromatic rings. The van der Waals surface area contributed by atoms with Gasteiger partial charge in [0.25, 0.3) is 5.91 Å². The first-order valence-corrected chi connectivity index (χ1v) is 11.5. The van der Waals surface area contributed by atoms with E-state index in [1.165, 1.54) is 16.9 Å². The third-order valence-corrected chi connectivity index (χ3v) is 6.29. The predicted octanol–water partition coefficient (Wildman–Crippen LogP) is 1.27. The Labute approximate surface area is 200 Å². The van der Waals surface area contributed by atoms with Crippen LogP contribution >= 0.6 is 0 Å². The average Bonchev–Trinajstić information content (AvgIpc) is 3.10. The Hall–Kier alpha value is -2.69. The summed E-state index contributed by atoms with van der Waals surface area (Å²) < 4.78 is 5.65. The molecule has 10 heteroatoms. The number of ether oxygens (including phenoxy) is 1. The van der Waals surface area contributed by atoms with Gasteiger partial charge in [0.05, 0.1) is 12.6 Å². The zero-order valence-corrected chi connectivity index (χ0v) is 20.6. The number of nitrogens with two attached hydrogens (primary N) is 1. The number of likely N-dealkylation sites (N-methyl/N-ethyl adjacent to an activating group) is 1. The largest absolute Gasteiger partial charge is 0.444 e. The van der Waals surface area contributed by atoms with Gasteiger partial charge >= 0.3 is 6.09 Å². The van der Waals surface area contributed by atoms with E-state index in [4.69, 9.17) is 15.3 Å². The van der Waals surface area contributed by atoms with Crippen molar-refractivity contribution in [3.8, 4) is 0 Å². The summed E-state index contributed by atoms with van der Waals surface area (Å²) in [5.41, 5.74) is 4.61. The van der Waals surface area contributed by atoms with Crippen molar-refractivity contribution in [2.75, 3.05) is 20.1 Å². The van der Waals surface area contributed by atoms with E-state index in [1.807, 2.05) is 30.3 Å². The first-order valence-electron chi connectivity index (χ1n) is 11.5. The van der Waals surface area contributed by atoms with E-state index in [0.717, 1.165) is 5.56 Å². The highest BCUT2D eigenvalue weighted by molar-refractivity contribution is 5.95. The number of carbonyl (C=O) groups is 3. The molecule has 0 bridgehead atoms. The average molecular weight is 477 g/mol. The van der Waals surface area contributed by atoms with Gasteiger partial charge in [-0.25, -0.2) is 9.86 Å². The zero-order valence-electron chi connectivity index (χ0n) is 20.6. The molecule has 0 aliphatic carbocycles. The van der Waals surface area contributed by atoms with E-state index in [2.05, 4.69) is 0 Å². The Morgan fingerprint density at radius 3 is 2.47 bits per heavy atom. The first-order chi connectivity index (χ1) is 15.9. The molecule has 34 heavy (non-hydrogen) atoms. The van der Waals surface area contributed by atoms with Gasteiger partial charge in [-0.05, 0) is 53.1 Å². The topological polar surface area (TPSA) is 126 Å². The van der Waals surface area contributed by atoms with E-state index < -0.39 is 41.3 Å². The number of carbonyl (C=O) groups excluding carboxylic acids is 3. The highest BCUT2D eigenvalue weighted by Gasteiger charge is 2.64. The van der Waals surface area contributed by atoms with Crippen LogP contribution in [0.25, 0.3) is 0 Å². The van der Waals surface area contributed by atoms with Gasteiger partial charge in [-0.15, -0.1) is 0 Å². The zero-order chi connectivity index (χ0) is 25.3. The van der Waals surface area contributed by atoms with Gasteiger partial charge in [-0.3, -0.25) is 24.2 Å². The second kappa shape index (κ2) is 9.89. The molecule has 1 aromatic carbocycles. The molecule has 2 unspecified atom stereocenters. The smallest absolute Gasteiger partial charge is 0.411 e. The number of amides is 3. The Kier molecular flexibility index (Phi) is 7.54. The van der Waals surface area contributed by atoms with Gasteiger partial charge in [-0.1, -0.05) is 30.3 Å². The number of likely N-dealkylation sites (tertiary alicyclic amines) is 1. The van der Waals surface area contributed by atoms with Crippen LogP contribution in [0.2, 0.25) is 0 Å². The summed E-state index contributed by atoms with van der Waals surface area (Å²) in [6, 6.07) is 8.19. The van der Waals surface area contributed by atoms with Gasteiger partial charge in [0.1, 0.15) is 23.8 Å². The van der Waals surface area contributed by atoms with Crippen LogP contribution in [0.1, 0.15) is 46.1 Å². The van der Waals surface area contributed by atoms with Crippen LogP contribution in [-0.4, -0.2) is 87.3 Å². The third kappa shape index (κ3) is 5.34. The summed E-state index contributed by atoms with van der Waals surface area (Å²) >= 11 is 0. The Bertz CT molecular complexity index is 902. The summed E-state index contributed by atoms with van der Waals surface area (Å²) in [5, 5.41) is 11.3. The number of rotatable bonds is 8. The van der Waals surface area contributed by atoms with Gasteiger partial charge in [0.15, 0.2) is 0 Å². The van der Waals surface area contributed by atoms with Crippen molar-refractivity contribution in [3.63, 3.8) is 0 Å². The van der Waals surface area contributed by atoms with E-state index in [9.17, 15) is 19.5 Å². The summed E-state index contributed by atoms with van der Waals surface area (Å²) in [6.07, 6.45) is -0.593. The van der Waals surface area contributed by atoms with E-state index >= 15 is 0 Å².